The van der Waals surface area contributed by atoms with Crippen LogP contribution in [-0.4, -0.2) is 43.8 Å². The van der Waals surface area contributed by atoms with Crippen molar-refractivity contribution in [1.29, 1.82) is 0 Å². The predicted molar refractivity (Wildman–Crippen MR) is 86.4 cm³/mol. The lowest BCUT2D eigenvalue weighted by Crippen LogP contribution is -2.37. The second-order valence-electron chi connectivity index (χ2n) is 6.07. The molecule has 0 saturated carbocycles. The van der Waals surface area contributed by atoms with Gasteiger partial charge in [0.05, 0.1) is 33.4 Å². The maximum atomic E-state index is 6.11. The topological polar surface area (TPSA) is 22.1 Å². The lowest BCUT2D eigenvalue weighted by atomic mass is 10.1. The second kappa shape index (κ2) is 7.03. The Morgan fingerprint density at radius 1 is 1.10 bits per heavy atom. The van der Waals surface area contributed by atoms with E-state index < -0.39 is 0 Å². The molecule has 2 rings (SSSR count). The van der Waals surface area contributed by atoms with Gasteiger partial charge in [-0.25, -0.2) is 0 Å². The van der Waals surface area contributed by atoms with Crippen LogP contribution >= 0.6 is 11.6 Å². The summed E-state index contributed by atoms with van der Waals surface area (Å²) in [6, 6.07) is 13.6. The van der Waals surface area contributed by atoms with E-state index in [0.717, 1.165) is 27.3 Å². The highest BCUT2D eigenvalue weighted by Crippen LogP contribution is 2.25. The summed E-state index contributed by atoms with van der Waals surface area (Å²) in [5, 5.41) is 0.727. The van der Waals surface area contributed by atoms with Gasteiger partial charge in [0.15, 0.2) is 0 Å². The Morgan fingerprint density at radius 2 is 1.81 bits per heavy atom. The molecule has 0 amide bonds. The highest BCUT2D eigenvalue weighted by atomic mass is 35.5. The monoisotopic (exact) mass is 305 g/mol. The molecule has 1 aromatic heterocycles. The lowest BCUT2D eigenvalue weighted by Gasteiger charge is -2.25. The first kappa shape index (κ1) is 16.0. The number of ether oxygens (including phenoxy) is 1. The third kappa shape index (κ3) is 5.12. The molecule has 4 heteroatoms. The zero-order valence-electron chi connectivity index (χ0n) is 12.8. The molecule has 0 aliphatic carbocycles. The molecule has 0 unspecified atom stereocenters. The molecule has 112 valence electrons. The van der Waals surface area contributed by atoms with Crippen molar-refractivity contribution in [1.82, 2.24) is 4.98 Å². The summed E-state index contributed by atoms with van der Waals surface area (Å²) in [7, 11) is 6.46. The van der Waals surface area contributed by atoms with E-state index in [4.69, 9.17) is 16.3 Å². The van der Waals surface area contributed by atoms with Gasteiger partial charge < -0.3 is 9.22 Å². The SMILES string of the molecule is C[N+](C)(C)CCO[C@H](c1ccc(Cl)cc1)c1ccccn1. The van der Waals surface area contributed by atoms with Gasteiger partial charge >= 0.3 is 0 Å². The van der Waals surface area contributed by atoms with Crippen LogP contribution in [0.3, 0.4) is 0 Å². The third-order valence-corrected chi connectivity index (χ3v) is 3.43. The van der Waals surface area contributed by atoms with Crippen LogP contribution in [0.4, 0.5) is 0 Å². The molecule has 0 N–H and O–H groups in total. The second-order valence-corrected chi connectivity index (χ2v) is 6.51. The molecule has 1 atom stereocenters. The van der Waals surface area contributed by atoms with Crippen LogP contribution in [0.1, 0.15) is 17.4 Å². The number of quaternary nitrogens is 1. The van der Waals surface area contributed by atoms with Gasteiger partial charge in [0.25, 0.3) is 0 Å². The van der Waals surface area contributed by atoms with Crippen molar-refractivity contribution in [3.05, 3.63) is 64.9 Å². The molecular formula is C17H22ClN2O+. The summed E-state index contributed by atoms with van der Waals surface area (Å²) in [6.07, 6.45) is 1.64. The van der Waals surface area contributed by atoms with E-state index in [2.05, 4.69) is 26.1 Å². The lowest BCUT2D eigenvalue weighted by molar-refractivity contribution is -0.870. The van der Waals surface area contributed by atoms with Crippen molar-refractivity contribution in [3.63, 3.8) is 0 Å². The van der Waals surface area contributed by atoms with Crippen molar-refractivity contribution >= 4 is 11.6 Å². The molecule has 2 aromatic rings. The summed E-state index contributed by atoms with van der Waals surface area (Å²) in [5.41, 5.74) is 1.99. The molecule has 21 heavy (non-hydrogen) atoms. The first-order valence-electron chi connectivity index (χ1n) is 7.04. The fraction of sp³-hybridized carbons (Fsp3) is 0.353. The molecule has 1 heterocycles. The van der Waals surface area contributed by atoms with Gasteiger partial charge in [0, 0.05) is 11.2 Å². The third-order valence-electron chi connectivity index (χ3n) is 3.18. The van der Waals surface area contributed by atoms with Crippen LogP contribution in [0.5, 0.6) is 0 Å². The molecule has 0 aliphatic heterocycles. The number of likely N-dealkylation sites (N-methyl/N-ethyl adjacent to an activating group) is 1. The van der Waals surface area contributed by atoms with E-state index in [1.807, 2.05) is 42.5 Å². The van der Waals surface area contributed by atoms with Gasteiger partial charge in [-0.1, -0.05) is 29.8 Å². The van der Waals surface area contributed by atoms with E-state index in [9.17, 15) is 0 Å². The quantitative estimate of drug-likeness (QED) is 0.762. The fourth-order valence-electron chi connectivity index (χ4n) is 1.97. The maximum absolute atomic E-state index is 6.11. The first-order valence-corrected chi connectivity index (χ1v) is 7.42. The Hall–Kier alpha value is -1.42. The van der Waals surface area contributed by atoms with Crippen molar-refractivity contribution in [2.75, 3.05) is 34.3 Å². The average Bonchev–Trinajstić information content (AvgIpc) is 2.45. The normalized spacial score (nSPS) is 13.1. The number of aromatic nitrogens is 1. The van der Waals surface area contributed by atoms with Crippen LogP contribution in [-0.2, 0) is 4.74 Å². The van der Waals surface area contributed by atoms with Crippen LogP contribution in [0.15, 0.2) is 48.7 Å². The van der Waals surface area contributed by atoms with Crippen molar-refractivity contribution in [2.24, 2.45) is 0 Å². The molecule has 0 aliphatic rings. The Labute approximate surface area is 131 Å². The molecule has 0 bridgehead atoms. The number of hydrogen-bond acceptors (Lipinski definition) is 2. The van der Waals surface area contributed by atoms with Crippen molar-refractivity contribution < 1.29 is 9.22 Å². The summed E-state index contributed by atoms with van der Waals surface area (Å²) in [5.74, 6) is 0. The number of benzene rings is 1. The number of halogens is 1. The van der Waals surface area contributed by atoms with Crippen molar-refractivity contribution in [3.8, 4) is 0 Å². The standard InChI is InChI=1S/C17H22ClN2O/c1-20(2,3)12-13-21-17(16-6-4-5-11-19-16)14-7-9-15(18)10-8-14/h4-11,17H,12-13H2,1-3H3/q+1/t17-/m1/s1. The molecule has 0 radical (unpaired) electrons. The summed E-state index contributed by atoms with van der Waals surface area (Å²) in [4.78, 5) is 4.43. The van der Waals surface area contributed by atoms with Crippen LogP contribution in [0.25, 0.3) is 0 Å². The number of nitrogens with zero attached hydrogens (tertiary/aromatic N) is 2. The Bertz CT molecular complexity index is 549. The minimum atomic E-state index is -0.157. The number of hydrogen-bond donors (Lipinski definition) is 0. The maximum Gasteiger partial charge on any atom is 0.125 e. The van der Waals surface area contributed by atoms with Gasteiger partial charge in [-0.05, 0) is 29.8 Å². The van der Waals surface area contributed by atoms with E-state index in [0.29, 0.717) is 6.61 Å². The predicted octanol–water partition coefficient (Wildman–Crippen LogP) is 3.55. The molecule has 1 aromatic carbocycles. The highest BCUT2D eigenvalue weighted by Gasteiger charge is 2.17. The van der Waals surface area contributed by atoms with Gasteiger partial charge in [-0.3, -0.25) is 4.98 Å². The molecule has 0 spiro atoms. The van der Waals surface area contributed by atoms with Crippen LogP contribution in [0.2, 0.25) is 5.02 Å². The first-order chi connectivity index (χ1) is 9.96. The summed E-state index contributed by atoms with van der Waals surface area (Å²) >= 11 is 5.97. The van der Waals surface area contributed by atoms with Crippen LogP contribution < -0.4 is 0 Å². The molecule has 3 nitrogen and oxygen atoms in total. The van der Waals surface area contributed by atoms with Gasteiger partial charge in [-0.2, -0.15) is 0 Å². The smallest absolute Gasteiger partial charge is 0.125 e. The number of pyridine rings is 1. The van der Waals surface area contributed by atoms with Crippen molar-refractivity contribution in [2.45, 2.75) is 6.10 Å². The molecular weight excluding hydrogens is 284 g/mol. The van der Waals surface area contributed by atoms with E-state index in [1.165, 1.54) is 0 Å². The Morgan fingerprint density at radius 3 is 2.38 bits per heavy atom. The largest absolute Gasteiger partial charge is 0.361 e. The minimum absolute atomic E-state index is 0.157. The van der Waals surface area contributed by atoms with E-state index >= 15 is 0 Å². The number of rotatable bonds is 6. The van der Waals surface area contributed by atoms with Gasteiger partial charge in [0.2, 0.25) is 0 Å². The molecule has 0 fully saturated rings. The Kier molecular flexibility index (Phi) is 5.34. The summed E-state index contributed by atoms with van der Waals surface area (Å²) in [6.45, 7) is 1.62. The highest BCUT2D eigenvalue weighted by molar-refractivity contribution is 6.30. The van der Waals surface area contributed by atoms with E-state index in [-0.39, 0.29) is 6.10 Å². The van der Waals surface area contributed by atoms with Gasteiger partial charge in [-0.15, -0.1) is 0 Å². The van der Waals surface area contributed by atoms with Gasteiger partial charge in [0.1, 0.15) is 12.6 Å². The Balaban J connectivity index is 2.17. The minimum Gasteiger partial charge on any atom is -0.361 e. The summed E-state index contributed by atoms with van der Waals surface area (Å²) < 4.78 is 6.98. The zero-order chi connectivity index (χ0) is 15.3. The fourth-order valence-corrected chi connectivity index (χ4v) is 2.09. The zero-order valence-corrected chi connectivity index (χ0v) is 13.5. The van der Waals surface area contributed by atoms with E-state index in [1.54, 1.807) is 6.20 Å². The molecule has 0 saturated heterocycles. The van der Waals surface area contributed by atoms with Crippen LogP contribution in [0, 0.1) is 0 Å². The average molecular weight is 306 g/mol.